The van der Waals surface area contributed by atoms with Gasteiger partial charge in [-0.1, -0.05) is 36.4 Å². The van der Waals surface area contributed by atoms with Crippen molar-refractivity contribution in [3.8, 4) is 11.3 Å². The zero-order valence-electron chi connectivity index (χ0n) is 14.4. The lowest BCUT2D eigenvalue weighted by Gasteiger charge is -2.20. The molecule has 0 fully saturated rings. The molecule has 4 heterocycles. The summed E-state index contributed by atoms with van der Waals surface area (Å²) < 4.78 is 0. The number of aromatic nitrogens is 2. The number of hydrogen-bond acceptors (Lipinski definition) is 6. The molecule has 0 radical (unpaired) electrons. The van der Waals surface area contributed by atoms with Crippen LogP contribution in [-0.2, 0) is 0 Å². The van der Waals surface area contributed by atoms with E-state index in [1.165, 1.54) is 10.4 Å². The topological polar surface area (TPSA) is 41.4 Å². The molecule has 3 aromatic heterocycles. The highest BCUT2D eigenvalue weighted by Crippen LogP contribution is 2.39. The van der Waals surface area contributed by atoms with Crippen molar-refractivity contribution < 1.29 is 0 Å². The molecule has 1 aromatic carbocycles. The van der Waals surface area contributed by atoms with E-state index in [1.807, 2.05) is 30.6 Å². The predicted octanol–water partition coefficient (Wildman–Crippen LogP) is 5.62. The van der Waals surface area contributed by atoms with Crippen LogP contribution in [0, 0.1) is 0 Å². The van der Waals surface area contributed by atoms with E-state index in [0.717, 1.165) is 28.5 Å². The molecule has 0 aliphatic carbocycles. The van der Waals surface area contributed by atoms with Crippen molar-refractivity contribution in [3.05, 3.63) is 88.2 Å². The smallest absolute Gasteiger partial charge is 0.207 e. The molecule has 0 bridgehead atoms. The second-order valence-corrected chi connectivity index (χ2v) is 8.03. The summed E-state index contributed by atoms with van der Waals surface area (Å²) in [6, 6.07) is 18.7. The number of hydrazone groups is 1. The standard InChI is InChI=1S/C21H16N4S2/c1-2-5-15(6-3-1)18-14-27-21(23-18)25-19(16-8-10-22-11-9-16)13-17(24-25)20-7-4-12-26-20/h1-12,14,19H,13H2/t19-/m1/s1. The average Bonchev–Trinajstić information content (AvgIpc) is 3.49. The van der Waals surface area contributed by atoms with Gasteiger partial charge in [0.2, 0.25) is 5.13 Å². The minimum absolute atomic E-state index is 0.139. The van der Waals surface area contributed by atoms with Gasteiger partial charge in [-0.15, -0.1) is 22.7 Å². The van der Waals surface area contributed by atoms with E-state index in [9.17, 15) is 0 Å². The van der Waals surface area contributed by atoms with Gasteiger partial charge in [-0.2, -0.15) is 5.10 Å². The monoisotopic (exact) mass is 388 g/mol. The highest BCUT2D eigenvalue weighted by atomic mass is 32.1. The number of thiazole rings is 1. The third-order valence-corrected chi connectivity index (χ3v) is 6.31. The lowest BCUT2D eigenvalue weighted by molar-refractivity contribution is 0.705. The Bertz CT molecular complexity index is 1060. The Morgan fingerprint density at radius 1 is 0.926 bits per heavy atom. The van der Waals surface area contributed by atoms with Gasteiger partial charge in [-0.25, -0.2) is 9.99 Å². The fraction of sp³-hybridized carbons (Fsp3) is 0.0952. The fourth-order valence-electron chi connectivity index (χ4n) is 3.23. The summed E-state index contributed by atoms with van der Waals surface area (Å²) in [4.78, 5) is 10.3. The second-order valence-electron chi connectivity index (χ2n) is 6.25. The van der Waals surface area contributed by atoms with Gasteiger partial charge in [-0.3, -0.25) is 4.98 Å². The van der Waals surface area contributed by atoms with E-state index >= 15 is 0 Å². The third kappa shape index (κ3) is 3.18. The van der Waals surface area contributed by atoms with Crippen LogP contribution in [0.4, 0.5) is 5.13 Å². The molecule has 1 atom stereocenters. The van der Waals surface area contributed by atoms with Crippen LogP contribution in [0.25, 0.3) is 11.3 Å². The Balaban J connectivity index is 1.54. The van der Waals surface area contributed by atoms with Crippen LogP contribution in [0.3, 0.4) is 0 Å². The van der Waals surface area contributed by atoms with Gasteiger partial charge >= 0.3 is 0 Å². The van der Waals surface area contributed by atoms with E-state index in [1.54, 1.807) is 22.7 Å². The van der Waals surface area contributed by atoms with Crippen LogP contribution < -0.4 is 5.01 Å². The van der Waals surface area contributed by atoms with Crippen LogP contribution in [0.15, 0.2) is 82.9 Å². The molecule has 1 aliphatic rings. The normalized spacial score (nSPS) is 16.5. The number of pyridine rings is 1. The molecular weight excluding hydrogens is 372 g/mol. The summed E-state index contributed by atoms with van der Waals surface area (Å²) in [5.41, 5.74) is 4.44. The number of benzene rings is 1. The zero-order chi connectivity index (χ0) is 18.1. The molecule has 1 aliphatic heterocycles. The highest BCUT2D eigenvalue weighted by Gasteiger charge is 2.32. The van der Waals surface area contributed by atoms with Crippen LogP contribution in [0.5, 0.6) is 0 Å². The molecule has 27 heavy (non-hydrogen) atoms. The lowest BCUT2D eigenvalue weighted by atomic mass is 10.0. The predicted molar refractivity (Wildman–Crippen MR) is 112 cm³/mol. The number of hydrogen-bond donors (Lipinski definition) is 0. The first kappa shape index (κ1) is 16.4. The first-order valence-electron chi connectivity index (χ1n) is 8.70. The molecule has 0 N–H and O–H groups in total. The van der Waals surface area contributed by atoms with Crippen LogP contribution >= 0.6 is 22.7 Å². The maximum absolute atomic E-state index is 4.95. The Hall–Kier alpha value is -2.83. The third-order valence-electron chi connectivity index (χ3n) is 4.56. The van der Waals surface area contributed by atoms with Crippen molar-refractivity contribution >= 4 is 33.5 Å². The number of nitrogens with zero attached hydrogens (tertiary/aromatic N) is 4. The van der Waals surface area contributed by atoms with Gasteiger partial charge in [0.05, 0.1) is 22.3 Å². The molecule has 0 saturated heterocycles. The van der Waals surface area contributed by atoms with Crippen molar-refractivity contribution in [1.82, 2.24) is 9.97 Å². The fourth-order valence-corrected chi connectivity index (χ4v) is 4.79. The SMILES string of the molecule is c1ccc(-c2csc(N3N=C(c4cccs4)C[C@@H]3c3ccncc3)n2)cc1. The summed E-state index contributed by atoms with van der Waals surface area (Å²) in [7, 11) is 0. The van der Waals surface area contributed by atoms with Gasteiger partial charge in [0, 0.05) is 29.8 Å². The Kier molecular flexibility index (Phi) is 4.27. The van der Waals surface area contributed by atoms with E-state index in [-0.39, 0.29) is 6.04 Å². The maximum atomic E-state index is 4.95. The van der Waals surface area contributed by atoms with Gasteiger partial charge in [0.15, 0.2) is 0 Å². The van der Waals surface area contributed by atoms with E-state index in [2.05, 4.69) is 57.2 Å². The Morgan fingerprint density at radius 2 is 1.78 bits per heavy atom. The van der Waals surface area contributed by atoms with Crippen molar-refractivity contribution in [2.24, 2.45) is 5.10 Å². The second kappa shape index (κ2) is 7.06. The number of anilines is 1. The van der Waals surface area contributed by atoms with Gasteiger partial charge < -0.3 is 0 Å². The Morgan fingerprint density at radius 3 is 2.56 bits per heavy atom. The van der Waals surface area contributed by atoms with E-state index < -0.39 is 0 Å². The van der Waals surface area contributed by atoms with Gasteiger partial charge in [-0.05, 0) is 29.1 Å². The number of rotatable bonds is 4. The first-order valence-corrected chi connectivity index (χ1v) is 10.5. The molecule has 0 spiro atoms. The molecule has 4 aromatic rings. The molecule has 4 nitrogen and oxygen atoms in total. The van der Waals surface area contributed by atoms with E-state index in [0.29, 0.717) is 0 Å². The van der Waals surface area contributed by atoms with Crippen molar-refractivity contribution in [2.75, 3.05) is 5.01 Å². The van der Waals surface area contributed by atoms with Crippen LogP contribution in [0.2, 0.25) is 0 Å². The summed E-state index contributed by atoms with van der Waals surface area (Å²) in [5, 5.41) is 12.1. The summed E-state index contributed by atoms with van der Waals surface area (Å²) in [6.45, 7) is 0. The maximum Gasteiger partial charge on any atom is 0.207 e. The molecule has 6 heteroatoms. The summed E-state index contributed by atoms with van der Waals surface area (Å²) in [5.74, 6) is 0. The lowest BCUT2D eigenvalue weighted by Crippen LogP contribution is -2.18. The zero-order valence-corrected chi connectivity index (χ0v) is 16.0. The molecule has 0 amide bonds. The van der Waals surface area contributed by atoms with E-state index in [4.69, 9.17) is 10.1 Å². The van der Waals surface area contributed by atoms with Gasteiger partial charge in [0.1, 0.15) is 0 Å². The van der Waals surface area contributed by atoms with Crippen LogP contribution in [-0.4, -0.2) is 15.7 Å². The average molecular weight is 389 g/mol. The quantitative estimate of drug-likeness (QED) is 0.455. The first-order chi connectivity index (χ1) is 13.4. The molecule has 0 saturated carbocycles. The minimum atomic E-state index is 0.139. The van der Waals surface area contributed by atoms with Gasteiger partial charge in [0.25, 0.3) is 0 Å². The van der Waals surface area contributed by atoms with Crippen molar-refractivity contribution in [3.63, 3.8) is 0 Å². The largest absolute Gasteiger partial charge is 0.265 e. The van der Waals surface area contributed by atoms with Crippen LogP contribution in [0.1, 0.15) is 22.9 Å². The molecule has 5 rings (SSSR count). The number of thiophene rings is 1. The summed E-state index contributed by atoms with van der Waals surface area (Å²) >= 11 is 3.36. The van der Waals surface area contributed by atoms with Crippen molar-refractivity contribution in [1.29, 1.82) is 0 Å². The molecule has 132 valence electrons. The minimum Gasteiger partial charge on any atom is -0.265 e. The summed E-state index contributed by atoms with van der Waals surface area (Å²) in [6.07, 6.45) is 4.55. The van der Waals surface area contributed by atoms with Crippen molar-refractivity contribution in [2.45, 2.75) is 12.5 Å². The molecule has 0 unspecified atom stereocenters. The highest BCUT2D eigenvalue weighted by molar-refractivity contribution is 7.14. The Labute approximate surface area is 165 Å². The molecular formula is C21H16N4S2.